The molecule has 2 aromatic rings. The minimum absolute atomic E-state index is 0.201. The van der Waals surface area contributed by atoms with Crippen molar-refractivity contribution in [3.8, 4) is 0 Å². The van der Waals surface area contributed by atoms with E-state index in [9.17, 15) is 8.42 Å². The molecule has 2 rings (SSSR count). The quantitative estimate of drug-likeness (QED) is 0.408. The number of H-pyrrole nitrogens is 1. The van der Waals surface area contributed by atoms with E-state index >= 15 is 0 Å². The number of aliphatic hydroxyl groups is 1. The van der Waals surface area contributed by atoms with Crippen molar-refractivity contribution in [2.45, 2.75) is 13.8 Å². The predicted molar refractivity (Wildman–Crippen MR) is 109 cm³/mol. The zero-order valence-corrected chi connectivity index (χ0v) is 16.6. The fourth-order valence-corrected chi connectivity index (χ4v) is 3.32. The molecule has 0 fully saturated rings. The van der Waals surface area contributed by atoms with Crippen LogP contribution in [-0.4, -0.2) is 44.6 Å². The van der Waals surface area contributed by atoms with Crippen molar-refractivity contribution < 1.29 is 17.9 Å². The lowest BCUT2D eigenvalue weighted by molar-refractivity contribution is -0.561. The number of sulfonamides is 1. The second-order valence-corrected chi connectivity index (χ2v) is 7.74. The van der Waals surface area contributed by atoms with Gasteiger partial charge in [-0.2, -0.15) is 0 Å². The highest BCUT2D eigenvalue weighted by molar-refractivity contribution is 7.92. The second kappa shape index (κ2) is 8.31. The fourth-order valence-electron chi connectivity index (χ4n) is 2.75. The molecule has 0 saturated heterocycles. The van der Waals surface area contributed by atoms with Gasteiger partial charge in [0, 0.05) is 18.8 Å². The van der Waals surface area contributed by atoms with Crippen molar-refractivity contribution in [3.63, 3.8) is 0 Å². The van der Waals surface area contributed by atoms with Crippen LogP contribution in [0.15, 0.2) is 18.2 Å². The number of nitrogen functional groups attached to an aromatic ring is 1. The molecule has 1 aromatic carbocycles. The van der Waals surface area contributed by atoms with Crippen LogP contribution in [-0.2, 0) is 10.0 Å². The smallest absolute Gasteiger partial charge is 0.322 e. The van der Waals surface area contributed by atoms with Gasteiger partial charge in [0.2, 0.25) is 10.0 Å². The molecule has 0 atom stereocenters. The number of aromatic amines is 1. The van der Waals surface area contributed by atoms with E-state index < -0.39 is 10.0 Å². The number of anilines is 5. The summed E-state index contributed by atoms with van der Waals surface area (Å²) in [7, 11) is -3.48. The van der Waals surface area contributed by atoms with Crippen LogP contribution in [0.3, 0.4) is 0 Å². The highest BCUT2D eigenvalue weighted by Crippen LogP contribution is 2.31. The van der Waals surface area contributed by atoms with Crippen LogP contribution in [0.1, 0.15) is 13.8 Å². The molecule has 0 unspecified atom stereocenters. The zero-order valence-electron chi connectivity index (χ0n) is 15.8. The molecule has 0 radical (unpaired) electrons. The molecule has 0 saturated carbocycles. The van der Waals surface area contributed by atoms with Crippen LogP contribution in [0.2, 0.25) is 0 Å². The van der Waals surface area contributed by atoms with Crippen LogP contribution >= 0.6 is 0 Å². The summed E-state index contributed by atoms with van der Waals surface area (Å²) in [6.45, 7) is 9.35. The molecule has 27 heavy (non-hydrogen) atoms. The molecule has 0 aliphatic heterocycles. The van der Waals surface area contributed by atoms with Crippen LogP contribution in [0.25, 0.3) is 6.58 Å². The third kappa shape index (κ3) is 4.92. The Hall–Kier alpha value is -2.72. The summed E-state index contributed by atoms with van der Waals surface area (Å²) in [5.74, 6) is 0.312. The molecule has 0 bridgehead atoms. The topological polar surface area (TPSA) is 129 Å². The number of aliphatic hydroxyl groups excluding tert-OH is 1. The third-order valence-electron chi connectivity index (χ3n) is 4.02. The van der Waals surface area contributed by atoms with Gasteiger partial charge in [-0.15, -0.1) is 4.36 Å². The summed E-state index contributed by atoms with van der Waals surface area (Å²) in [5, 5.41) is 15.6. The first-order chi connectivity index (χ1) is 12.7. The van der Waals surface area contributed by atoms with E-state index in [0.717, 1.165) is 25.0 Å². The number of nitrogens with zero attached hydrogens (tertiary/aromatic N) is 2. The maximum atomic E-state index is 11.8. The molecular weight excluding hydrogens is 368 g/mol. The lowest BCUT2D eigenvalue weighted by atomic mass is 10.2. The average Bonchev–Trinajstić information content (AvgIpc) is 2.84. The van der Waals surface area contributed by atoms with Crippen LogP contribution in [0, 0.1) is 6.21 Å². The molecule has 9 nitrogen and oxygen atoms in total. The number of hydrogen-bond donors (Lipinski definition) is 5. The monoisotopic (exact) mass is 395 g/mol. The van der Waals surface area contributed by atoms with Gasteiger partial charge in [0.05, 0.1) is 23.0 Å². The highest BCUT2D eigenvalue weighted by atomic mass is 32.2. The lowest BCUT2D eigenvalue weighted by Crippen LogP contribution is -2.25. The predicted octanol–water partition coefficient (Wildman–Crippen LogP) is 0.258. The number of benzene rings is 1. The first kappa shape index (κ1) is 20.6. The number of rotatable bonds is 8. The summed E-state index contributed by atoms with van der Waals surface area (Å²) in [4.78, 5) is 2.11. The highest BCUT2D eigenvalue weighted by Gasteiger charge is 2.16. The molecule has 0 aliphatic rings. The lowest BCUT2D eigenvalue weighted by Gasteiger charge is -2.23. The van der Waals surface area contributed by atoms with Gasteiger partial charge in [0.1, 0.15) is 12.8 Å². The van der Waals surface area contributed by atoms with Gasteiger partial charge >= 0.3 is 5.82 Å². The van der Waals surface area contributed by atoms with Gasteiger partial charge in [-0.1, -0.05) is 6.58 Å². The van der Waals surface area contributed by atoms with Gasteiger partial charge in [0.25, 0.3) is 0 Å². The van der Waals surface area contributed by atoms with Crippen molar-refractivity contribution in [3.05, 3.63) is 29.8 Å². The molecular formula is C17H27N6O3S+. The molecule has 0 aliphatic carbocycles. The van der Waals surface area contributed by atoms with Gasteiger partial charge < -0.3 is 15.3 Å². The SMILES string of the molecule is C=c1[nH][n+](=CCO)c(N)c1Nc1ccc(N(CC)CC)cc1NS(C)(=O)=O. The molecule has 0 spiro atoms. The molecule has 1 heterocycles. The van der Waals surface area contributed by atoms with E-state index in [0.29, 0.717) is 28.2 Å². The largest absolute Gasteiger partial charge is 0.388 e. The fraction of sp³-hybridized carbons (Fsp3) is 0.353. The summed E-state index contributed by atoms with van der Waals surface area (Å²) >= 11 is 0. The Morgan fingerprint density at radius 3 is 2.56 bits per heavy atom. The number of aromatic nitrogens is 2. The summed E-state index contributed by atoms with van der Waals surface area (Å²) < 4.78 is 27.6. The van der Waals surface area contributed by atoms with E-state index in [-0.39, 0.29) is 6.61 Å². The van der Waals surface area contributed by atoms with E-state index in [1.807, 2.05) is 19.9 Å². The Morgan fingerprint density at radius 1 is 1.33 bits per heavy atom. The van der Waals surface area contributed by atoms with Crippen molar-refractivity contribution in [1.82, 2.24) is 5.10 Å². The van der Waals surface area contributed by atoms with Gasteiger partial charge in [-0.05, 0) is 32.0 Å². The van der Waals surface area contributed by atoms with Crippen molar-refractivity contribution >= 4 is 45.2 Å². The molecule has 1 aromatic heterocycles. The van der Waals surface area contributed by atoms with E-state index in [4.69, 9.17) is 10.8 Å². The maximum absolute atomic E-state index is 11.8. The maximum Gasteiger partial charge on any atom is 0.322 e. The first-order valence-corrected chi connectivity index (χ1v) is 10.4. The van der Waals surface area contributed by atoms with Gasteiger partial charge in [0.15, 0.2) is 5.69 Å². The Labute approximate surface area is 158 Å². The number of hydrogen-bond acceptors (Lipinski definition) is 6. The Morgan fingerprint density at radius 2 is 2.00 bits per heavy atom. The van der Waals surface area contributed by atoms with E-state index in [1.165, 1.54) is 10.6 Å². The molecule has 0 amide bonds. The van der Waals surface area contributed by atoms with E-state index in [1.54, 1.807) is 12.1 Å². The Bertz CT molecular complexity index is 1010. The van der Waals surface area contributed by atoms with E-state index in [2.05, 4.69) is 26.6 Å². The van der Waals surface area contributed by atoms with Crippen LogP contribution in [0.4, 0.5) is 28.6 Å². The minimum atomic E-state index is -3.48. The average molecular weight is 396 g/mol. The van der Waals surface area contributed by atoms with Crippen molar-refractivity contribution in [2.24, 2.45) is 0 Å². The summed E-state index contributed by atoms with van der Waals surface area (Å²) in [6, 6.07) is 5.46. The van der Waals surface area contributed by atoms with Crippen molar-refractivity contribution in [1.29, 1.82) is 0 Å². The minimum Gasteiger partial charge on any atom is -0.388 e. The first-order valence-electron chi connectivity index (χ1n) is 8.53. The summed E-state index contributed by atoms with van der Waals surface area (Å²) in [6.07, 6.45) is 2.55. The molecule has 6 N–H and O–H groups in total. The summed E-state index contributed by atoms with van der Waals surface area (Å²) in [5.41, 5.74) is 8.40. The molecule has 148 valence electrons. The van der Waals surface area contributed by atoms with Crippen molar-refractivity contribution in [2.75, 3.05) is 46.6 Å². The standard InChI is InChI=1S/C17H27N6O3S/c1-5-22(6-2)13-7-8-14(15(11-13)21-27(4,25)26)19-16-12(3)20-23(9-10-24)17(16)18/h7-9,11,19-21,24H,3,5-6,10,18H2,1-2,4H3/q+1. The van der Waals surface area contributed by atoms with Crippen LogP contribution in [0.5, 0.6) is 0 Å². The second-order valence-electron chi connectivity index (χ2n) is 5.99. The Balaban J connectivity index is 2.53. The van der Waals surface area contributed by atoms with Crippen LogP contribution < -0.4 is 30.4 Å². The number of nitrogens with two attached hydrogens (primary N) is 1. The Kier molecular flexibility index (Phi) is 6.34. The van der Waals surface area contributed by atoms with Gasteiger partial charge in [-0.3, -0.25) is 10.5 Å². The normalized spacial score (nSPS) is 12.2. The molecule has 10 heteroatoms. The van der Waals surface area contributed by atoms with Gasteiger partial charge in [-0.25, -0.2) is 13.5 Å². The third-order valence-corrected chi connectivity index (χ3v) is 4.61. The zero-order chi connectivity index (χ0) is 20.2. The number of nitrogens with one attached hydrogen (secondary N) is 3.